The van der Waals surface area contributed by atoms with Crippen LogP contribution in [-0.4, -0.2) is 35.3 Å². The quantitative estimate of drug-likeness (QED) is 0.760. The van der Waals surface area contributed by atoms with E-state index in [2.05, 4.69) is 10.6 Å². The minimum absolute atomic E-state index is 0.274. The van der Waals surface area contributed by atoms with Crippen molar-refractivity contribution in [2.24, 2.45) is 0 Å². The third-order valence-corrected chi connectivity index (χ3v) is 5.36. The number of rotatable bonds is 6. The van der Waals surface area contributed by atoms with Gasteiger partial charge in [-0.2, -0.15) is 0 Å². The minimum Gasteiger partial charge on any atom is -0.326 e. The van der Waals surface area contributed by atoms with Crippen molar-refractivity contribution in [2.75, 3.05) is 11.9 Å². The summed E-state index contributed by atoms with van der Waals surface area (Å²) in [7, 11) is 0. The Hall–Kier alpha value is -3.15. The molecule has 1 atom stereocenters. The maximum Gasteiger partial charge on any atom is 0.325 e. The number of fused-ring (bicyclic) bond motifs is 1. The van der Waals surface area contributed by atoms with Gasteiger partial charge in [0.25, 0.3) is 5.91 Å². The van der Waals surface area contributed by atoms with Crippen LogP contribution in [0.1, 0.15) is 29.5 Å². The predicted molar refractivity (Wildman–Crippen MR) is 106 cm³/mol. The number of anilines is 1. The molecule has 0 aromatic heterocycles. The van der Waals surface area contributed by atoms with Crippen molar-refractivity contribution >= 4 is 23.5 Å². The first-order valence-electron chi connectivity index (χ1n) is 9.67. The van der Waals surface area contributed by atoms with Gasteiger partial charge in [-0.1, -0.05) is 36.4 Å². The third-order valence-electron chi connectivity index (χ3n) is 5.36. The monoisotopic (exact) mass is 377 g/mol. The smallest absolute Gasteiger partial charge is 0.325 e. The number of amides is 4. The summed E-state index contributed by atoms with van der Waals surface area (Å²) in [4.78, 5) is 38.1. The van der Waals surface area contributed by atoms with Crippen LogP contribution in [0.4, 0.5) is 10.5 Å². The molecule has 2 aromatic rings. The van der Waals surface area contributed by atoms with Gasteiger partial charge in [-0.3, -0.25) is 14.5 Å². The van der Waals surface area contributed by atoms with Gasteiger partial charge in [0.15, 0.2) is 0 Å². The van der Waals surface area contributed by atoms with E-state index in [1.165, 1.54) is 11.1 Å². The summed E-state index contributed by atoms with van der Waals surface area (Å²) in [5.74, 6) is -0.713. The standard InChI is InChI=1S/C22H23N3O3/c26-20(23-18-11-10-16-7-4-8-17(16)13-18)14-25-21(27)19(24-22(25)28)12-9-15-5-2-1-3-6-15/h1-3,5-6,10-11,13,19H,4,7-9,12,14H2,(H,23,26)(H,24,28). The molecule has 4 amide bonds. The second-order valence-electron chi connectivity index (χ2n) is 7.34. The largest absolute Gasteiger partial charge is 0.326 e. The van der Waals surface area contributed by atoms with Gasteiger partial charge in [-0.25, -0.2) is 4.79 Å². The molecule has 1 aliphatic heterocycles. The highest BCUT2D eigenvalue weighted by Gasteiger charge is 2.38. The minimum atomic E-state index is -0.583. The number of carbonyl (C=O) groups is 3. The number of benzene rings is 2. The number of nitrogens with zero attached hydrogens (tertiary/aromatic N) is 1. The SMILES string of the molecule is O=C(CN1C(=O)NC(CCc2ccccc2)C1=O)Nc1ccc2c(c1)CCC2. The summed E-state index contributed by atoms with van der Waals surface area (Å²) < 4.78 is 0. The molecule has 1 unspecified atom stereocenters. The van der Waals surface area contributed by atoms with E-state index >= 15 is 0 Å². The first-order chi connectivity index (χ1) is 13.6. The molecule has 2 aliphatic rings. The van der Waals surface area contributed by atoms with Gasteiger partial charge < -0.3 is 10.6 Å². The summed E-state index contributed by atoms with van der Waals surface area (Å²) in [6.07, 6.45) is 4.44. The molecule has 2 N–H and O–H groups in total. The molecule has 6 heteroatoms. The van der Waals surface area contributed by atoms with Crippen LogP contribution < -0.4 is 10.6 Å². The van der Waals surface area contributed by atoms with Gasteiger partial charge >= 0.3 is 6.03 Å². The fourth-order valence-electron chi connectivity index (χ4n) is 3.87. The molecule has 4 rings (SSSR count). The van der Waals surface area contributed by atoms with Crippen LogP contribution >= 0.6 is 0 Å². The Kier molecular flexibility index (Phi) is 5.10. The van der Waals surface area contributed by atoms with Crippen LogP contribution in [0.25, 0.3) is 0 Å². The van der Waals surface area contributed by atoms with Crippen LogP contribution in [0, 0.1) is 0 Å². The molecule has 6 nitrogen and oxygen atoms in total. The Morgan fingerprint density at radius 1 is 1.07 bits per heavy atom. The van der Waals surface area contributed by atoms with Crippen molar-refractivity contribution in [3.63, 3.8) is 0 Å². The zero-order valence-electron chi connectivity index (χ0n) is 15.6. The van der Waals surface area contributed by atoms with Gasteiger partial charge in [0, 0.05) is 5.69 Å². The van der Waals surface area contributed by atoms with Crippen LogP contribution in [0.2, 0.25) is 0 Å². The van der Waals surface area contributed by atoms with E-state index in [0.29, 0.717) is 18.5 Å². The Balaban J connectivity index is 1.33. The Bertz CT molecular complexity index is 910. The molecule has 1 fully saturated rings. The van der Waals surface area contributed by atoms with Gasteiger partial charge in [-0.05, 0) is 60.9 Å². The topological polar surface area (TPSA) is 78.5 Å². The summed E-state index contributed by atoms with van der Waals surface area (Å²) in [6, 6.07) is 14.6. The van der Waals surface area contributed by atoms with E-state index in [1.54, 1.807) is 0 Å². The number of imide groups is 1. The molecule has 1 heterocycles. The number of hydrogen-bond acceptors (Lipinski definition) is 3. The first-order valence-corrected chi connectivity index (χ1v) is 9.67. The lowest BCUT2D eigenvalue weighted by atomic mass is 10.1. The highest BCUT2D eigenvalue weighted by molar-refractivity contribution is 6.07. The third kappa shape index (κ3) is 3.91. The molecule has 2 aromatic carbocycles. The number of hydrogen-bond donors (Lipinski definition) is 2. The molecule has 0 saturated carbocycles. The molecule has 1 saturated heterocycles. The summed E-state index contributed by atoms with van der Waals surface area (Å²) in [5, 5.41) is 5.48. The summed E-state index contributed by atoms with van der Waals surface area (Å²) >= 11 is 0. The van der Waals surface area contributed by atoms with E-state index in [-0.39, 0.29) is 18.4 Å². The van der Waals surface area contributed by atoms with Gasteiger partial charge in [0.1, 0.15) is 12.6 Å². The molecule has 28 heavy (non-hydrogen) atoms. The van der Waals surface area contributed by atoms with Gasteiger partial charge in [0.2, 0.25) is 5.91 Å². The molecule has 1 aliphatic carbocycles. The highest BCUT2D eigenvalue weighted by Crippen LogP contribution is 2.25. The van der Waals surface area contributed by atoms with E-state index in [4.69, 9.17) is 0 Å². The molecular formula is C22H23N3O3. The molecular weight excluding hydrogens is 354 g/mol. The lowest BCUT2D eigenvalue weighted by molar-refractivity contribution is -0.130. The zero-order valence-corrected chi connectivity index (χ0v) is 15.6. The fraction of sp³-hybridized carbons (Fsp3) is 0.318. The number of urea groups is 1. The van der Waals surface area contributed by atoms with Crippen LogP contribution in [0.5, 0.6) is 0 Å². The van der Waals surface area contributed by atoms with E-state index in [1.807, 2.05) is 48.5 Å². The maximum absolute atomic E-state index is 12.5. The van der Waals surface area contributed by atoms with Crippen molar-refractivity contribution in [3.05, 3.63) is 65.2 Å². The number of carbonyl (C=O) groups excluding carboxylic acids is 3. The zero-order chi connectivity index (χ0) is 19.5. The van der Waals surface area contributed by atoms with E-state index in [9.17, 15) is 14.4 Å². The van der Waals surface area contributed by atoms with Crippen molar-refractivity contribution in [3.8, 4) is 0 Å². The van der Waals surface area contributed by atoms with Crippen molar-refractivity contribution in [2.45, 2.75) is 38.1 Å². The van der Waals surface area contributed by atoms with Gasteiger partial charge in [0.05, 0.1) is 0 Å². The first kappa shape index (κ1) is 18.2. The average Bonchev–Trinajstić information content (AvgIpc) is 3.26. The number of nitrogens with one attached hydrogen (secondary N) is 2. The molecule has 144 valence electrons. The Morgan fingerprint density at radius 3 is 2.68 bits per heavy atom. The summed E-state index contributed by atoms with van der Waals surface area (Å²) in [5.41, 5.74) is 4.40. The normalized spacial score (nSPS) is 18.1. The number of aryl methyl sites for hydroxylation is 3. The molecule has 0 bridgehead atoms. The maximum atomic E-state index is 12.5. The van der Waals surface area contributed by atoms with E-state index < -0.39 is 12.1 Å². The Labute approximate surface area is 163 Å². The lowest BCUT2D eigenvalue weighted by Gasteiger charge is -2.13. The fourth-order valence-corrected chi connectivity index (χ4v) is 3.87. The predicted octanol–water partition coefficient (Wildman–Crippen LogP) is 2.67. The van der Waals surface area contributed by atoms with Crippen LogP contribution in [0.15, 0.2) is 48.5 Å². The Morgan fingerprint density at radius 2 is 1.86 bits per heavy atom. The average molecular weight is 377 g/mol. The highest BCUT2D eigenvalue weighted by atomic mass is 16.2. The molecule has 0 spiro atoms. The van der Waals surface area contributed by atoms with Crippen LogP contribution in [-0.2, 0) is 28.9 Å². The lowest BCUT2D eigenvalue weighted by Crippen LogP contribution is -2.38. The molecule has 0 radical (unpaired) electrons. The van der Waals surface area contributed by atoms with Gasteiger partial charge in [-0.15, -0.1) is 0 Å². The van der Waals surface area contributed by atoms with Crippen molar-refractivity contribution < 1.29 is 14.4 Å². The summed E-state index contributed by atoms with van der Waals surface area (Å²) in [6.45, 7) is -0.274. The van der Waals surface area contributed by atoms with Crippen LogP contribution in [0.3, 0.4) is 0 Å². The van der Waals surface area contributed by atoms with E-state index in [0.717, 1.165) is 29.7 Å². The van der Waals surface area contributed by atoms with Crippen molar-refractivity contribution in [1.29, 1.82) is 0 Å². The second-order valence-corrected chi connectivity index (χ2v) is 7.34. The van der Waals surface area contributed by atoms with Crippen molar-refractivity contribution in [1.82, 2.24) is 10.2 Å². The second kappa shape index (κ2) is 7.84.